The van der Waals surface area contributed by atoms with E-state index in [1.165, 1.54) is 11.3 Å². The summed E-state index contributed by atoms with van der Waals surface area (Å²) in [6.07, 6.45) is 0. The molecule has 4 rings (SSSR count). The molecule has 2 heterocycles. The van der Waals surface area contributed by atoms with Gasteiger partial charge in [-0.05, 0) is 65.9 Å². The third-order valence-electron chi connectivity index (χ3n) is 4.50. The van der Waals surface area contributed by atoms with Crippen molar-refractivity contribution in [3.63, 3.8) is 0 Å². The number of nitrogens with one attached hydrogen (secondary N) is 1. The van der Waals surface area contributed by atoms with E-state index < -0.39 is 0 Å². The van der Waals surface area contributed by atoms with Crippen molar-refractivity contribution < 1.29 is 14.3 Å². The van der Waals surface area contributed by atoms with Crippen molar-refractivity contribution in [3.8, 4) is 22.8 Å². The Morgan fingerprint density at radius 2 is 1.84 bits per heavy atom. The lowest BCUT2D eigenvalue weighted by atomic mass is 10.2. The molecule has 2 aromatic carbocycles. The van der Waals surface area contributed by atoms with Gasteiger partial charge in [-0.15, -0.1) is 16.4 Å². The number of nitrogens with zero attached hydrogens (tertiary/aromatic N) is 5. The Morgan fingerprint density at radius 3 is 2.55 bits per heavy atom. The highest BCUT2D eigenvalue weighted by atomic mass is 32.1. The minimum absolute atomic E-state index is 0.239. The van der Waals surface area contributed by atoms with Crippen LogP contribution in [0.5, 0.6) is 11.5 Å². The van der Waals surface area contributed by atoms with E-state index in [2.05, 4.69) is 25.8 Å². The minimum Gasteiger partial charge on any atom is -0.497 e. The fourth-order valence-corrected chi connectivity index (χ4v) is 3.53. The summed E-state index contributed by atoms with van der Waals surface area (Å²) in [6.45, 7) is 2.87. The minimum atomic E-state index is -0.239. The molecule has 0 aliphatic heterocycles. The number of carbonyl (C=O) groups excluding carboxylic acids is 1. The third-order valence-corrected chi connectivity index (χ3v) is 5.26. The molecule has 2 aromatic heterocycles. The molecular weight excluding hydrogens is 416 g/mol. The second-order valence-electron chi connectivity index (χ2n) is 6.44. The highest BCUT2D eigenvalue weighted by Gasteiger charge is 2.11. The van der Waals surface area contributed by atoms with Gasteiger partial charge < -0.3 is 9.47 Å². The van der Waals surface area contributed by atoms with Crippen LogP contribution >= 0.6 is 11.3 Å². The van der Waals surface area contributed by atoms with E-state index in [0.717, 1.165) is 17.0 Å². The molecule has 1 amide bonds. The van der Waals surface area contributed by atoms with E-state index in [1.54, 1.807) is 36.1 Å². The number of ether oxygens (including phenoxy) is 2. The van der Waals surface area contributed by atoms with Crippen LogP contribution in [-0.2, 0) is 13.2 Å². The summed E-state index contributed by atoms with van der Waals surface area (Å²) in [5.41, 5.74) is 2.25. The van der Waals surface area contributed by atoms with Crippen molar-refractivity contribution in [1.82, 2.24) is 25.2 Å². The molecule has 10 heteroatoms. The molecule has 0 aliphatic carbocycles. The van der Waals surface area contributed by atoms with Gasteiger partial charge in [0.2, 0.25) is 0 Å². The van der Waals surface area contributed by atoms with E-state index in [4.69, 9.17) is 9.47 Å². The highest BCUT2D eigenvalue weighted by molar-refractivity contribution is 7.14. The first-order valence-corrected chi connectivity index (χ1v) is 10.4. The third kappa shape index (κ3) is 4.86. The average Bonchev–Trinajstić information content (AvgIpc) is 3.47. The number of benzene rings is 2. The lowest BCUT2D eigenvalue weighted by Gasteiger charge is -2.07. The summed E-state index contributed by atoms with van der Waals surface area (Å²) >= 11 is 1.37. The van der Waals surface area contributed by atoms with Crippen molar-refractivity contribution in [3.05, 3.63) is 65.3 Å². The molecule has 158 valence electrons. The van der Waals surface area contributed by atoms with Crippen LogP contribution in [-0.4, -0.2) is 38.2 Å². The van der Waals surface area contributed by atoms with Gasteiger partial charge in [-0.25, -0.2) is 9.67 Å². The van der Waals surface area contributed by atoms with Crippen molar-refractivity contribution in [1.29, 1.82) is 0 Å². The molecule has 0 saturated heterocycles. The van der Waals surface area contributed by atoms with Crippen LogP contribution in [0.15, 0.2) is 53.9 Å². The predicted octanol–water partition coefficient (Wildman–Crippen LogP) is 3.66. The zero-order valence-corrected chi connectivity index (χ0v) is 17.8. The van der Waals surface area contributed by atoms with Gasteiger partial charge in [-0.2, -0.15) is 0 Å². The van der Waals surface area contributed by atoms with Gasteiger partial charge >= 0.3 is 0 Å². The van der Waals surface area contributed by atoms with Crippen LogP contribution in [0.3, 0.4) is 0 Å². The summed E-state index contributed by atoms with van der Waals surface area (Å²) in [7, 11) is 1.63. The van der Waals surface area contributed by atoms with Crippen molar-refractivity contribution >= 4 is 22.4 Å². The summed E-state index contributed by atoms with van der Waals surface area (Å²) < 4.78 is 12.5. The smallest absolute Gasteiger partial charge is 0.257 e. The molecule has 9 nitrogen and oxygen atoms in total. The quantitative estimate of drug-likeness (QED) is 0.449. The molecule has 31 heavy (non-hydrogen) atoms. The maximum Gasteiger partial charge on any atom is 0.257 e. The van der Waals surface area contributed by atoms with E-state index in [9.17, 15) is 4.79 Å². The van der Waals surface area contributed by atoms with Gasteiger partial charge in [-0.1, -0.05) is 0 Å². The maximum atomic E-state index is 12.6. The Kier molecular flexibility index (Phi) is 6.18. The first kappa shape index (κ1) is 20.5. The Hall–Kier alpha value is -3.79. The zero-order chi connectivity index (χ0) is 21.6. The number of hydrogen-bond donors (Lipinski definition) is 1. The molecule has 0 unspecified atom stereocenters. The summed E-state index contributed by atoms with van der Waals surface area (Å²) in [4.78, 5) is 17.0. The number of thiazole rings is 1. The van der Waals surface area contributed by atoms with E-state index in [-0.39, 0.29) is 12.5 Å². The average molecular weight is 436 g/mol. The van der Waals surface area contributed by atoms with Crippen LogP contribution in [0.2, 0.25) is 0 Å². The predicted molar refractivity (Wildman–Crippen MR) is 116 cm³/mol. The summed E-state index contributed by atoms with van der Waals surface area (Å²) in [5, 5.41) is 16.7. The van der Waals surface area contributed by atoms with Gasteiger partial charge in [0.05, 0.1) is 12.8 Å². The molecule has 0 atom stereocenters. The van der Waals surface area contributed by atoms with Crippen molar-refractivity contribution in [2.24, 2.45) is 0 Å². The molecule has 0 spiro atoms. The van der Waals surface area contributed by atoms with Crippen LogP contribution in [0.25, 0.3) is 11.3 Å². The fraction of sp³-hybridized carbons (Fsp3) is 0.190. The molecule has 0 aliphatic rings. The number of carbonyl (C=O) groups is 1. The van der Waals surface area contributed by atoms with E-state index in [0.29, 0.717) is 28.8 Å². The fourth-order valence-electron chi connectivity index (χ4n) is 2.82. The number of methoxy groups -OCH3 is 1. The van der Waals surface area contributed by atoms with Gasteiger partial charge in [-0.3, -0.25) is 10.1 Å². The molecule has 0 fully saturated rings. The van der Waals surface area contributed by atoms with Crippen molar-refractivity contribution in [2.75, 3.05) is 12.4 Å². The molecule has 0 bridgehead atoms. The van der Waals surface area contributed by atoms with Crippen LogP contribution in [0, 0.1) is 0 Å². The van der Waals surface area contributed by atoms with E-state index >= 15 is 0 Å². The van der Waals surface area contributed by atoms with Gasteiger partial charge in [0, 0.05) is 23.1 Å². The number of amides is 1. The lowest BCUT2D eigenvalue weighted by Crippen LogP contribution is -2.11. The second kappa shape index (κ2) is 9.35. The Labute approximate surface area is 182 Å². The molecule has 1 N–H and O–H groups in total. The number of tetrazole rings is 1. The molecule has 0 radical (unpaired) electrons. The van der Waals surface area contributed by atoms with Crippen LogP contribution in [0.4, 0.5) is 5.13 Å². The van der Waals surface area contributed by atoms with Crippen molar-refractivity contribution in [2.45, 2.75) is 20.1 Å². The SMILES string of the molecule is CCn1nnnc1COc1ccc(C(=O)Nc2nc(-c3ccc(OC)cc3)cs2)cc1. The van der Waals surface area contributed by atoms with Gasteiger partial charge in [0.25, 0.3) is 5.91 Å². The molecule has 4 aromatic rings. The lowest BCUT2D eigenvalue weighted by molar-refractivity contribution is 0.102. The first-order valence-electron chi connectivity index (χ1n) is 9.55. The highest BCUT2D eigenvalue weighted by Crippen LogP contribution is 2.27. The number of aromatic nitrogens is 5. The standard InChI is InChI=1S/C21H20N6O3S/c1-3-27-19(24-25-26-27)12-30-17-10-6-15(7-11-17)20(28)23-21-22-18(13-31-21)14-4-8-16(29-2)9-5-14/h4-11,13H,3,12H2,1-2H3,(H,22,23,28). The second-order valence-corrected chi connectivity index (χ2v) is 7.30. The monoisotopic (exact) mass is 436 g/mol. The van der Waals surface area contributed by atoms with Gasteiger partial charge in [0.1, 0.15) is 18.1 Å². The zero-order valence-electron chi connectivity index (χ0n) is 17.0. The van der Waals surface area contributed by atoms with E-state index in [1.807, 2.05) is 36.6 Å². The number of aryl methyl sites for hydroxylation is 1. The van der Waals surface area contributed by atoms with Gasteiger partial charge in [0.15, 0.2) is 11.0 Å². The maximum absolute atomic E-state index is 12.6. The van der Waals surface area contributed by atoms with Crippen LogP contribution in [0.1, 0.15) is 23.1 Å². The van der Waals surface area contributed by atoms with Crippen LogP contribution < -0.4 is 14.8 Å². The number of anilines is 1. The largest absolute Gasteiger partial charge is 0.497 e. The Bertz CT molecular complexity index is 1150. The Morgan fingerprint density at radius 1 is 1.10 bits per heavy atom. The normalized spacial score (nSPS) is 10.6. The number of hydrogen-bond acceptors (Lipinski definition) is 8. The summed E-state index contributed by atoms with van der Waals surface area (Å²) in [5.74, 6) is 1.81. The summed E-state index contributed by atoms with van der Waals surface area (Å²) in [6, 6.07) is 14.5. The molecule has 0 saturated carbocycles. The number of rotatable bonds is 8. The first-order chi connectivity index (χ1) is 15.2. The Balaban J connectivity index is 1.36. The molecular formula is C21H20N6O3S. The topological polar surface area (TPSA) is 104 Å².